The van der Waals surface area contributed by atoms with E-state index in [9.17, 15) is 4.79 Å². The third kappa shape index (κ3) is 3.48. The number of thioether (sulfide) groups is 1. The molecule has 0 fully saturated rings. The van der Waals surface area contributed by atoms with Crippen LogP contribution in [-0.4, -0.2) is 23.3 Å². The molecule has 0 bridgehead atoms. The van der Waals surface area contributed by atoms with Gasteiger partial charge in [0.2, 0.25) is 0 Å². The van der Waals surface area contributed by atoms with Crippen molar-refractivity contribution >= 4 is 44.4 Å². The fourth-order valence-electron chi connectivity index (χ4n) is 1.79. The summed E-state index contributed by atoms with van der Waals surface area (Å²) in [6, 6.07) is 8.02. The maximum atomic E-state index is 11.3. The minimum Gasteiger partial charge on any atom is -0.469 e. The number of esters is 1. The van der Waals surface area contributed by atoms with Crippen LogP contribution in [0.4, 0.5) is 0 Å². The molecule has 0 radical (unpaired) electrons. The van der Waals surface area contributed by atoms with Gasteiger partial charge in [-0.2, -0.15) is 0 Å². The maximum absolute atomic E-state index is 11.3. The molecule has 0 spiro atoms. The Kier molecular flexibility index (Phi) is 4.82. The van der Waals surface area contributed by atoms with Crippen LogP contribution in [0, 0.1) is 0 Å². The van der Waals surface area contributed by atoms with Gasteiger partial charge in [-0.3, -0.25) is 4.79 Å². The molecule has 5 heteroatoms. The molecular weight excluding hydrogens is 326 g/mol. The van der Waals surface area contributed by atoms with Gasteiger partial charge in [0.15, 0.2) is 0 Å². The van der Waals surface area contributed by atoms with Crippen molar-refractivity contribution in [3.05, 3.63) is 34.9 Å². The van der Waals surface area contributed by atoms with Gasteiger partial charge in [0, 0.05) is 26.7 Å². The molecule has 0 saturated carbocycles. The third-order valence-electron chi connectivity index (χ3n) is 2.71. The Morgan fingerprint density at radius 3 is 2.95 bits per heavy atom. The molecule has 0 aliphatic carbocycles. The Balaban J connectivity index is 2.26. The molecule has 0 amide bonds. The zero-order chi connectivity index (χ0) is 13.8. The maximum Gasteiger partial charge on any atom is 0.306 e. The van der Waals surface area contributed by atoms with Crippen LogP contribution < -0.4 is 0 Å². The van der Waals surface area contributed by atoms with E-state index >= 15 is 0 Å². The number of rotatable bonds is 4. The predicted molar refractivity (Wildman–Crippen MR) is 81.4 cm³/mol. The van der Waals surface area contributed by atoms with Gasteiger partial charge >= 0.3 is 5.97 Å². The normalized spacial score (nSPS) is 12.4. The van der Waals surface area contributed by atoms with Crippen molar-refractivity contribution in [2.45, 2.75) is 23.6 Å². The van der Waals surface area contributed by atoms with Crippen LogP contribution in [0.25, 0.3) is 10.8 Å². The molecule has 0 N–H and O–H groups in total. The summed E-state index contributed by atoms with van der Waals surface area (Å²) in [6.45, 7) is 2.00. The number of hydrogen-bond acceptors (Lipinski definition) is 4. The molecule has 0 saturated heterocycles. The van der Waals surface area contributed by atoms with Crippen LogP contribution in [0.15, 0.2) is 40.0 Å². The zero-order valence-electron chi connectivity index (χ0n) is 10.7. The highest BCUT2D eigenvalue weighted by molar-refractivity contribution is 9.10. The molecule has 0 aliphatic heterocycles. The van der Waals surface area contributed by atoms with Crippen LogP contribution in [0.2, 0.25) is 0 Å². The molecule has 1 aromatic heterocycles. The summed E-state index contributed by atoms with van der Waals surface area (Å²) in [6.07, 6.45) is 2.17. The van der Waals surface area contributed by atoms with E-state index < -0.39 is 0 Å². The molecule has 3 nitrogen and oxygen atoms in total. The van der Waals surface area contributed by atoms with Gasteiger partial charge in [0.25, 0.3) is 0 Å². The van der Waals surface area contributed by atoms with E-state index in [1.54, 1.807) is 18.0 Å². The molecule has 1 atom stereocenters. The molecule has 1 aromatic carbocycles. The molecule has 2 rings (SSSR count). The van der Waals surface area contributed by atoms with Gasteiger partial charge in [-0.1, -0.05) is 35.0 Å². The van der Waals surface area contributed by atoms with Crippen molar-refractivity contribution in [3.8, 4) is 0 Å². The fraction of sp³-hybridized carbons (Fsp3) is 0.286. The Labute approximate surface area is 124 Å². The van der Waals surface area contributed by atoms with Gasteiger partial charge in [-0.25, -0.2) is 4.98 Å². The summed E-state index contributed by atoms with van der Waals surface area (Å²) >= 11 is 5.13. The zero-order valence-corrected chi connectivity index (χ0v) is 13.1. The minimum absolute atomic E-state index is 0.129. The summed E-state index contributed by atoms with van der Waals surface area (Å²) in [5.74, 6) is -0.193. The van der Waals surface area contributed by atoms with Crippen LogP contribution in [-0.2, 0) is 9.53 Å². The summed E-state index contributed by atoms with van der Waals surface area (Å²) in [7, 11) is 1.41. The summed E-state index contributed by atoms with van der Waals surface area (Å²) < 4.78 is 5.74. The monoisotopic (exact) mass is 339 g/mol. The average Bonchev–Trinajstić information content (AvgIpc) is 2.39. The van der Waals surface area contributed by atoms with E-state index in [1.807, 2.05) is 31.2 Å². The van der Waals surface area contributed by atoms with Gasteiger partial charge < -0.3 is 4.74 Å². The highest BCUT2D eigenvalue weighted by Gasteiger charge is 2.13. The van der Waals surface area contributed by atoms with Crippen LogP contribution in [0.5, 0.6) is 0 Å². The average molecular weight is 340 g/mol. The van der Waals surface area contributed by atoms with E-state index in [4.69, 9.17) is 0 Å². The first-order valence-electron chi connectivity index (χ1n) is 5.88. The quantitative estimate of drug-likeness (QED) is 0.622. The number of hydrogen-bond donors (Lipinski definition) is 0. The Bertz CT molecular complexity index is 603. The molecule has 2 aromatic rings. The summed E-state index contributed by atoms with van der Waals surface area (Å²) in [5, 5.41) is 3.29. The van der Waals surface area contributed by atoms with Crippen molar-refractivity contribution in [1.82, 2.24) is 4.98 Å². The van der Waals surface area contributed by atoms with Gasteiger partial charge in [-0.15, -0.1) is 11.8 Å². The predicted octanol–water partition coefficient (Wildman–Crippen LogP) is 4.04. The second-order valence-electron chi connectivity index (χ2n) is 4.16. The highest BCUT2D eigenvalue weighted by Crippen LogP contribution is 2.32. The van der Waals surface area contributed by atoms with Gasteiger partial charge in [-0.05, 0) is 12.1 Å². The summed E-state index contributed by atoms with van der Waals surface area (Å²) in [4.78, 5) is 15.7. The largest absolute Gasteiger partial charge is 0.469 e. The standard InChI is InChI=1S/C14H14BrNO2S/c1-9(8-13(17)18-2)19-14-11-4-3-5-12(15)10(11)6-7-16-14/h3-7,9H,8H2,1-2H3. The lowest BCUT2D eigenvalue weighted by Gasteiger charge is -2.11. The molecule has 100 valence electrons. The number of methoxy groups -OCH3 is 1. The van der Waals surface area contributed by atoms with Crippen LogP contribution >= 0.6 is 27.7 Å². The van der Waals surface area contributed by atoms with Crippen molar-refractivity contribution < 1.29 is 9.53 Å². The number of benzene rings is 1. The lowest BCUT2D eigenvalue weighted by Crippen LogP contribution is -2.08. The van der Waals surface area contributed by atoms with E-state index in [-0.39, 0.29) is 11.2 Å². The van der Waals surface area contributed by atoms with Gasteiger partial charge in [0.05, 0.1) is 13.5 Å². The Hall–Kier alpha value is -1.07. The van der Waals surface area contributed by atoms with Crippen molar-refractivity contribution in [2.75, 3.05) is 7.11 Å². The van der Waals surface area contributed by atoms with E-state index in [1.165, 1.54) is 7.11 Å². The number of carbonyl (C=O) groups excluding carboxylic acids is 1. The molecule has 19 heavy (non-hydrogen) atoms. The van der Waals surface area contributed by atoms with E-state index in [2.05, 4.69) is 25.7 Å². The van der Waals surface area contributed by atoms with E-state index in [0.29, 0.717) is 6.42 Å². The number of aromatic nitrogens is 1. The van der Waals surface area contributed by atoms with Crippen molar-refractivity contribution in [2.24, 2.45) is 0 Å². The second-order valence-corrected chi connectivity index (χ2v) is 6.44. The number of halogens is 1. The third-order valence-corrected chi connectivity index (χ3v) is 4.52. The Morgan fingerprint density at radius 2 is 2.21 bits per heavy atom. The number of carbonyl (C=O) groups is 1. The highest BCUT2D eigenvalue weighted by atomic mass is 79.9. The first-order valence-corrected chi connectivity index (χ1v) is 7.55. The topological polar surface area (TPSA) is 39.2 Å². The number of pyridine rings is 1. The number of fused-ring (bicyclic) bond motifs is 1. The van der Waals surface area contributed by atoms with E-state index in [0.717, 1.165) is 20.3 Å². The molecule has 1 heterocycles. The fourth-order valence-corrected chi connectivity index (χ4v) is 3.31. The van der Waals surface area contributed by atoms with Crippen LogP contribution in [0.3, 0.4) is 0 Å². The van der Waals surface area contributed by atoms with Crippen molar-refractivity contribution in [1.29, 1.82) is 0 Å². The lowest BCUT2D eigenvalue weighted by molar-refractivity contribution is -0.140. The first-order chi connectivity index (χ1) is 9.11. The molecule has 0 aliphatic rings. The first kappa shape index (κ1) is 14.3. The minimum atomic E-state index is -0.193. The number of nitrogens with zero attached hydrogens (tertiary/aromatic N) is 1. The summed E-state index contributed by atoms with van der Waals surface area (Å²) in [5.41, 5.74) is 0. The molecule has 1 unspecified atom stereocenters. The smallest absolute Gasteiger partial charge is 0.306 e. The van der Waals surface area contributed by atoms with Gasteiger partial charge in [0.1, 0.15) is 5.03 Å². The lowest BCUT2D eigenvalue weighted by atomic mass is 10.2. The molecular formula is C14H14BrNO2S. The SMILES string of the molecule is COC(=O)CC(C)Sc1nccc2c(Br)cccc12. The Morgan fingerprint density at radius 1 is 1.42 bits per heavy atom. The second kappa shape index (κ2) is 6.39. The van der Waals surface area contributed by atoms with Crippen molar-refractivity contribution in [3.63, 3.8) is 0 Å². The van der Waals surface area contributed by atoms with Crippen LogP contribution in [0.1, 0.15) is 13.3 Å². The number of ether oxygens (including phenoxy) is 1.